The molecule has 2 aromatic rings. The lowest BCUT2D eigenvalue weighted by atomic mass is 10.0. The van der Waals surface area contributed by atoms with Crippen LogP contribution in [0.1, 0.15) is 30.5 Å². The summed E-state index contributed by atoms with van der Waals surface area (Å²) in [6.45, 7) is 4.11. The van der Waals surface area contributed by atoms with Gasteiger partial charge in [-0.2, -0.15) is 0 Å². The fourth-order valence-electron chi connectivity index (χ4n) is 2.24. The molecule has 0 radical (unpaired) electrons. The second-order valence-corrected chi connectivity index (χ2v) is 5.85. The maximum atomic E-state index is 12.2. The molecule has 4 heteroatoms. The Kier molecular flexibility index (Phi) is 4.48. The van der Waals surface area contributed by atoms with Crippen molar-refractivity contribution in [2.45, 2.75) is 26.3 Å². The van der Waals surface area contributed by atoms with Crippen LogP contribution < -0.4 is 5.56 Å². The average molecular weight is 341 g/mol. The summed E-state index contributed by atoms with van der Waals surface area (Å²) in [6.07, 6.45) is 2.53. The quantitative estimate of drug-likeness (QED) is 0.802. The van der Waals surface area contributed by atoms with Crippen LogP contribution >= 0.6 is 27.5 Å². The Labute approximate surface area is 126 Å². The third-order valence-corrected chi connectivity index (χ3v) is 3.89. The third kappa shape index (κ3) is 3.10. The Morgan fingerprint density at radius 1 is 1.37 bits per heavy atom. The maximum absolute atomic E-state index is 12.2. The molecule has 1 aromatic carbocycles. The van der Waals surface area contributed by atoms with Gasteiger partial charge in [0.25, 0.3) is 5.56 Å². The van der Waals surface area contributed by atoms with Crippen LogP contribution in [-0.2, 0) is 0 Å². The van der Waals surface area contributed by atoms with Crippen LogP contribution in [0.3, 0.4) is 0 Å². The van der Waals surface area contributed by atoms with E-state index >= 15 is 0 Å². The zero-order chi connectivity index (χ0) is 14.0. The highest BCUT2D eigenvalue weighted by molar-refractivity contribution is 9.10. The van der Waals surface area contributed by atoms with E-state index in [1.54, 1.807) is 16.8 Å². The molecular weight excluding hydrogens is 326 g/mol. The van der Waals surface area contributed by atoms with Crippen molar-refractivity contribution in [2.75, 3.05) is 0 Å². The molecule has 2 nitrogen and oxygen atoms in total. The molecule has 0 saturated carbocycles. The van der Waals surface area contributed by atoms with Crippen molar-refractivity contribution in [3.8, 4) is 0 Å². The fourth-order valence-corrected chi connectivity index (χ4v) is 3.03. The zero-order valence-corrected chi connectivity index (χ0v) is 13.2. The summed E-state index contributed by atoms with van der Waals surface area (Å²) in [5, 5.41) is 0.553. The first-order valence-electron chi connectivity index (χ1n) is 6.16. The fraction of sp³-hybridized carbons (Fsp3) is 0.267. The molecule has 0 aliphatic carbocycles. The Morgan fingerprint density at radius 3 is 2.74 bits per heavy atom. The van der Waals surface area contributed by atoms with Gasteiger partial charge >= 0.3 is 0 Å². The average Bonchev–Trinajstić information content (AvgIpc) is 2.36. The molecule has 0 bridgehead atoms. The van der Waals surface area contributed by atoms with E-state index in [0.717, 1.165) is 12.0 Å². The molecule has 2 rings (SSSR count). The number of hydrogen-bond donors (Lipinski definition) is 0. The van der Waals surface area contributed by atoms with Gasteiger partial charge in [-0.25, -0.2) is 0 Å². The van der Waals surface area contributed by atoms with E-state index in [0.29, 0.717) is 9.50 Å². The Bertz CT molecular complexity index is 651. The van der Waals surface area contributed by atoms with Gasteiger partial charge in [-0.3, -0.25) is 4.79 Å². The van der Waals surface area contributed by atoms with Gasteiger partial charge in [-0.15, -0.1) is 0 Å². The number of aromatic nitrogens is 1. The molecule has 1 aromatic heterocycles. The highest BCUT2D eigenvalue weighted by Crippen LogP contribution is 2.23. The van der Waals surface area contributed by atoms with Crippen molar-refractivity contribution in [3.05, 3.63) is 67.5 Å². The van der Waals surface area contributed by atoms with Crippen LogP contribution in [0.15, 0.2) is 45.8 Å². The van der Waals surface area contributed by atoms with Gasteiger partial charge < -0.3 is 4.57 Å². The molecule has 0 saturated heterocycles. The van der Waals surface area contributed by atoms with Gasteiger partial charge in [0.15, 0.2) is 0 Å². The summed E-state index contributed by atoms with van der Waals surface area (Å²) in [7, 11) is 0. The molecule has 100 valence electrons. The van der Waals surface area contributed by atoms with Crippen LogP contribution in [0.2, 0.25) is 5.02 Å². The lowest BCUT2D eigenvalue weighted by molar-refractivity contribution is 0.546. The smallest absolute Gasteiger partial charge is 0.265 e. The zero-order valence-electron chi connectivity index (χ0n) is 10.9. The molecule has 1 unspecified atom stereocenters. The Morgan fingerprint density at radius 2 is 2.11 bits per heavy atom. The van der Waals surface area contributed by atoms with Crippen molar-refractivity contribution >= 4 is 27.5 Å². The molecular formula is C15H15BrClNO. The van der Waals surface area contributed by atoms with Gasteiger partial charge in [0.2, 0.25) is 0 Å². The highest BCUT2D eigenvalue weighted by atomic mass is 79.9. The van der Waals surface area contributed by atoms with Crippen molar-refractivity contribution in [2.24, 2.45) is 0 Å². The van der Waals surface area contributed by atoms with E-state index < -0.39 is 0 Å². The maximum Gasteiger partial charge on any atom is 0.265 e. The minimum Gasteiger partial charge on any atom is -0.306 e. The van der Waals surface area contributed by atoms with Crippen molar-refractivity contribution in [1.82, 2.24) is 4.57 Å². The number of aryl methyl sites for hydroxylation is 1. The van der Waals surface area contributed by atoms with Crippen molar-refractivity contribution < 1.29 is 0 Å². The van der Waals surface area contributed by atoms with Gasteiger partial charge in [0.05, 0.1) is 15.5 Å². The number of pyridine rings is 1. The summed E-state index contributed by atoms with van der Waals surface area (Å²) in [5.41, 5.74) is 2.25. The van der Waals surface area contributed by atoms with Gasteiger partial charge in [-0.05, 0) is 40.9 Å². The lowest BCUT2D eigenvalue weighted by Gasteiger charge is -2.19. The number of rotatable bonds is 3. The van der Waals surface area contributed by atoms with Gasteiger partial charge in [-0.1, -0.05) is 48.4 Å². The normalized spacial score (nSPS) is 12.4. The number of benzene rings is 1. The molecule has 0 aliphatic rings. The minimum atomic E-state index is -0.0576. The first kappa shape index (κ1) is 14.4. The molecule has 19 heavy (non-hydrogen) atoms. The molecule has 0 spiro atoms. The van der Waals surface area contributed by atoms with E-state index in [1.165, 1.54) is 5.56 Å². The van der Waals surface area contributed by atoms with E-state index in [-0.39, 0.29) is 11.6 Å². The van der Waals surface area contributed by atoms with E-state index in [1.807, 2.05) is 25.1 Å². The monoisotopic (exact) mass is 339 g/mol. The Hall–Kier alpha value is -1.06. The van der Waals surface area contributed by atoms with Crippen LogP contribution in [-0.4, -0.2) is 4.57 Å². The number of halogens is 2. The first-order valence-corrected chi connectivity index (χ1v) is 7.33. The molecule has 0 N–H and O–H groups in total. The SMILES string of the molecule is CCC(c1cccc(C)c1)n1cc(Cl)cc(Br)c1=O. The molecule has 0 aliphatic heterocycles. The Balaban J connectivity index is 2.57. The predicted molar refractivity (Wildman–Crippen MR) is 83.0 cm³/mol. The van der Waals surface area contributed by atoms with Crippen LogP contribution in [0.4, 0.5) is 0 Å². The third-order valence-electron chi connectivity index (χ3n) is 3.12. The van der Waals surface area contributed by atoms with Crippen molar-refractivity contribution in [3.63, 3.8) is 0 Å². The molecule has 0 fully saturated rings. The topological polar surface area (TPSA) is 22.0 Å². The standard InChI is InChI=1S/C15H15BrClNO/c1-3-14(11-6-4-5-10(2)7-11)18-9-12(17)8-13(16)15(18)19/h4-9,14H,3H2,1-2H3. The molecule has 1 atom stereocenters. The highest BCUT2D eigenvalue weighted by Gasteiger charge is 2.15. The molecule has 1 heterocycles. The van der Waals surface area contributed by atoms with Crippen LogP contribution in [0.5, 0.6) is 0 Å². The summed E-state index contributed by atoms with van der Waals surface area (Å²) in [5.74, 6) is 0. The summed E-state index contributed by atoms with van der Waals surface area (Å²) in [4.78, 5) is 12.2. The van der Waals surface area contributed by atoms with Crippen molar-refractivity contribution in [1.29, 1.82) is 0 Å². The molecule has 0 amide bonds. The summed E-state index contributed by atoms with van der Waals surface area (Å²) >= 11 is 9.32. The summed E-state index contributed by atoms with van der Waals surface area (Å²) < 4.78 is 2.19. The van der Waals surface area contributed by atoms with E-state index in [4.69, 9.17) is 11.6 Å². The summed E-state index contributed by atoms with van der Waals surface area (Å²) in [6, 6.07) is 9.84. The largest absolute Gasteiger partial charge is 0.306 e. The first-order chi connectivity index (χ1) is 9.02. The van der Waals surface area contributed by atoms with Crippen LogP contribution in [0.25, 0.3) is 0 Å². The van der Waals surface area contributed by atoms with E-state index in [2.05, 4.69) is 28.9 Å². The van der Waals surface area contributed by atoms with Crippen LogP contribution in [0, 0.1) is 6.92 Å². The van der Waals surface area contributed by atoms with Gasteiger partial charge in [0, 0.05) is 6.20 Å². The van der Waals surface area contributed by atoms with Gasteiger partial charge in [0.1, 0.15) is 0 Å². The second-order valence-electron chi connectivity index (χ2n) is 4.56. The predicted octanol–water partition coefficient (Wildman–Crippen LogP) is 4.57. The van der Waals surface area contributed by atoms with E-state index in [9.17, 15) is 4.79 Å². The minimum absolute atomic E-state index is 0.00222. The number of hydrogen-bond acceptors (Lipinski definition) is 1. The number of nitrogens with zero attached hydrogens (tertiary/aromatic N) is 1. The second kappa shape index (κ2) is 5.93. The lowest BCUT2D eigenvalue weighted by Crippen LogP contribution is -2.25.